The monoisotopic (exact) mass is 391 g/mol. The zero-order valence-corrected chi connectivity index (χ0v) is 15.4. The fourth-order valence-corrected chi connectivity index (χ4v) is 3.72. The van der Waals surface area contributed by atoms with Crippen molar-refractivity contribution in [1.82, 2.24) is 9.55 Å². The fraction of sp³-hybridized carbons (Fsp3) is 0.267. The Hall–Kier alpha value is -3.28. The SMILES string of the molecule is COc1ccc(OC)c([N+](=O)[O-])c1-c1nc2n(c1/C=N\N=C(N)N)CCS2. The first-order valence-electron chi connectivity index (χ1n) is 7.73. The Morgan fingerprint density at radius 2 is 2.07 bits per heavy atom. The molecule has 0 atom stereocenters. The first-order valence-corrected chi connectivity index (χ1v) is 8.71. The Labute approximate surface area is 158 Å². The van der Waals surface area contributed by atoms with Gasteiger partial charge in [0.05, 0.1) is 31.1 Å². The molecule has 0 saturated heterocycles. The van der Waals surface area contributed by atoms with E-state index in [0.717, 1.165) is 10.9 Å². The molecule has 0 radical (unpaired) electrons. The van der Waals surface area contributed by atoms with E-state index in [1.807, 2.05) is 4.57 Å². The summed E-state index contributed by atoms with van der Waals surface area (Å²) >= 11 is 1.54. The molecule has 12 heteroatoms. The van der Waals surface area contributed by atoms with Gasteiger partial charge in [-0.2, -0.15) is 5.10 Å². The molecule has 1 aliphatic rings. The minimum atomic E-state index is -0.523. The second kappa shape index (κ2) is 7.53. The van der Waals surface area contributed by atoms with Crippen molar-refractivity contribution in [2.75, 3.05) is 20.0 Å². The van der Waals surface area contributed by atoms with Crippen LogP contribution in [0.4, 0.5) is 5.69 Å². The number of imidazole rings is 1. The van der Waals surface area contributed by atoms with Gasteiger partial charge in [-0.3, -0.25) is 10.1 Å². The summed E-state index contributed by atoms with van der Waals surface area (Å²) in [5.41, 5.74) is 11.4. The average molecular weight is 391 g/mol. The van der Waals surface area contributed by atoms with Crippen molar-refractivity contribution in [1.29, 1.82) is 0 Å². The van der Waals surface area contributed by atoms with E-state index in [9.17, 15) is 10.1 Å². The molecule has 1 aromatic heterocycles. The van der Waals surface area contributed by atoms with Gasteiger partial charge in [-0.15, -0.1) is 5.10 Å². The molecule has 3 rings (SSSR count). The molecule has 0 fully saturated rings. The van der Waals surface area contributed by atoms with Gasteiger partial charge in [-0.1, -0.05) is 11.8 Å². The highest BCUT2D eigenvalue weighted by molar-refractivity contribution is 7.99. The van der Waals surface area contributed by atoms with Crippen molar-refractivity contribution < 1.29 is 14.4 Å². The number of nitrogens with two attached hydrogens (primary N) is 2. The van der Waals surface area contributed by atoms with E-state index in [2.05, 4.69) is 15.2 Å². The second-order valence-corrected chi connectivity index (χ2v) is 6.41. The Morgan fingerprint density at radius 3 is 2.70 bits per heavy atom. The van der Waals surface area contributed by atoms with Crippen LogP contribution in [0.2, 0.25) is 0 Å². The highest BCUT2D eigenvalue weighted by Gasteiger charge is 2.32. The lowest BCUT2D eigenvalue weighted by atomic mass is 10.1. The van der Waals surface area contributed by atoms with Gasteiger partial charge in [-0.05, 0) is 12.1 Å². The molecular weight excluding hydrogens is 374 g/mol. The van der Waals surface area contributed by atoms with E-state index in [1.165, 1.54) is 38.3 Å². The number of hydrogen-bond acceptors (Lipinski definition) is 8. The molecule has 0 saturated carbocycles. The van der Waals surface area contributed by atoms with Crippen molar-refractivity contribution >= 4 is 29.6 Å². The van der Waals surface area contributed by atoms with E-state index < -0.39 is 4.92 Å². The summed E-state index contributed by atoms with van der Waals surface area (Å²) in [6.07, 6.45) is 1.42. The van der Waals surface area contributed by atoms with Gasteiger partial charge < -0.3 is 25.5 Å². The molecule has 0 aliphatic carbocycles. The number of nitro groups is 1. The smallest absolute Gasteiger partial charge is 0.324 e. The van der Waals surface area contributed by atoms with Crippen LogP contribution in [0, 0.1) is 10.1 Å². The minimum absolute atomic E-state index is 0.101. The topological polar surface area (TPSA) is 156 Å². The Bertz CT molecular complexity index is 950. The lowest BCUT2D eigenvalue weighted by Crippen LogP contribution is -2.21. The van der Waals surface area contributed by atoms with Crippen LogP contribution in [-0.4, -0.2) is 46.6 Å². The molecule has 0 amide bonds. The van der Waals surface area contributed by atoms with Gasteiger partial charge in [0.2, 0.25) is 5.96 Å². The molecule has 0 spiro atoms. The number of guanidine groups is 1. The molecule has 2 heterocycles. The van der Waals surface area contributed by atoms with Crippen molar-refractivity contribution in [3.63, 3.8) is 0 Å². The summed E-state index contributed by atoms with van der Waals surface area (Å²) in [5, 5.41) is 19.9. The quantitative estimate of drug-likeness (QED) is 0.322. The van der Waals surface area contributed by atoms with Crippen molar-refractivity contribution in [3.05, 3.63) is 27.9 Å². The number of methoxy groups -OCH3 is 2. The fourth-order valence-electron chi connectivity index (χ4n) is 2.76. The third kappa shape index (κ3) is 3.38. The third-order valence-electron chi connectivity index (χ3n) is 3.83. The van der Waals surface area contributed by atoms with E-state index >= 15 is 0 Å². The summed E-state index contributed by atoms with van der Waals surface area (Å²) in [6, 6.07) is 3.07. The van der Waals surface area contributed by atoms with Crippen LogP contribution in [0.5, 0.6) is 11.5 Å². The van der Waals surface area contributed by atoms with Gasteiger partial charge in [0, 0.05) is 12.3 Å². The number of hydrogen-bond donors (Lipinski definition) is 2. The number of rotatable bonds is 6. The zero-order chi connectivity index (χ0) is 19.6. The number of benzene rings is 1. The Morgan fingerprint density at radius 1 is 1.37 bits per heavy atom. The molecule has 11 nitrogen and oxygen atoms in total. The van der Waals surface area contributed by atoms with Gasteiger partial charge in [0.25, 0.3) is 0 Å². The largest absolute Gasteiger partial charge is 0.496 e. The standard InChI is InChI=1S/C15H17N7O4S/c1-25-9-3-4-10(26-2)13(22(23)24)11(9)12-8(7-18-20-14(16)17)21-5-6-27-15(21)19-12/h3-4,7H,5-6H2,1-2H3,(H4,16,17,20)/b18-7-. The van der Waals surface area contributed by atoms with E-state index in [0.29, 0.717) is 23.7 Å². The van der Waals surface area contributed by atoms with Crippen LogP contribution in [0.3, 0.4) is 0 Å². The highest BCUT2D eigenvalue weighted by atomic mass is 32.2. The van der Waals surface area contributed by atoms with E-state index in [4.69, 9.17) is 20.9 Å². The second-order valence-electron chi connectivity index (χ2n) is 5.35. The third-order valence-corrected chi connectivity index (χ3v) is 4.79. The van der Waals surface area contributed by atoms with Crippen molar-refractivity contribution in [3.8, 4) is 22.8 Å². The first-order chi connectivity index (χ1) is 13.0. The normalized spacial score (nSPS) is 12.8. The molecule has 142 valence electrons. The van der Waals surface area contributed by atoms with Crippen LogP contribution in [0.25, 0.3) is 11.3 Å². The van der Waals surface area contributed by atoms with E-state index in [1.54, 1.807) is 6.07 Å². The minimum Gasteiger partial charge on any atom is -0.496 e. The maximum Gasteiger partial charge on any atom is 0.324 e. The lowest BCUT2D eigenvalue weighted by molar-refractivity contribution is -0.385. The molecule has 1 aromatic carbocycles. The molecule has 0 bridgehead atoms. The van der Waals surface area contributed by atoms with Crippen LogP contribution >= 0.6 is 11.8 Å². The predicted molar refractivity (Wildman–Crippen MR) is 102 cm³/mol. The van der Waals surface area contributed by atoms with Crippen LogP contribution < -0.4 is 20.9 Å². The van der Waals surface area contributed by atoms with Crippen molar-refractivity contribution in [2.24, 2.45) is 21.7 Å². The summed E-state index contributed by atoms with van der Waals surface area (Å²) < 4.78 is 12.4. The summed E-state index contributed by atoms with van der Waals surface area (Å²) in [4.78, 5) is 15.8. The summed E-state index contributed by atoms with van der Waals surface area (Å²) in [6.45, 7) is 0.677. The zero-order valence-electron chi connectivity index (χ0n) is 14.6. The van der Waals surface area contributed by atoms with Crippen LogP contribution in [0.1, 0.15) is 5.69 Å². The molecule has 4 N–H and O–H groups in total. The lowest BCUT2D eigenvalue weighted by Gasteiger charge is -2.11. The molecule has 1 aliphatic heterocycles. The number of ether oxygens (including phenoxy) is 2. The number of fused-ring (bicyclic) bond motifs is 1. The molecule has 27 heavy (non-hydrogen) atoms. The van der Waals surface area contributed by atoms with Gasteiger partial charge in [0.1, 0.15) is 17.0 Å². The Balaban J connectivity index is 2.30. The summed E-state index contributed by atoms with van der Waals surface area (Å²) in [7, 11) is 2.80. The van der Waals surface area contributed by atoms with Crippen LogP contribution in [0.15, 0.2) is 27.5 Å². The molecular formula is C15H17N7O4S. The molecule has 2 aromatic rings. The van der Waals surface area contributed by atoms with Gasteiger partial charge >= 0.3 is 5.69 Å². The highest BCUT2D eigenvalue weighted by Crippen LogP contribution is 2.46. The van der Waals surface area contributed by atoms with Gasteiger partial charge in [-0.25, -0.2) is 4.98 Å². The number of aromatic nitrogens is 2. The Kier molecular flexibility index (Phi) is 5.16. The summed E-state index contributed by atoms with van der Waals surface area (Å²) in [5.74, 6) is 1.03. The maximum absolute atomic E-state index is 11.8. The first kappa shape index (κ1) is 18.5. The van der Waals surface area contributed by atoms with Crippen molar-refractivity contribution in [2.45, 2.75) is 11.7 Å². The number of nitrogens with zero attached hydrogens (tertiary/aromatic N) is 5. The van der Waals surface area contributed by atoms with Crippen LogP contribution in [-0.2, 0) is 6.54 Å². The average Bonchev–Trinajstić information content (AvgIpc) is 3.22. The predicted octanol–water partition coefficient (Wildman–Crippen LogP) is 1.19. The maximum atomic E-state index is 11.8. The van der Waals surface area contributed by atoms with E-state index in [-0.39, 0.29) is 23.0 Å². The van der Waals surface area contributed by atoms with Gasteiger partial charge in [0.15, 0.2) is 10.9 Å². The molecule has 0 unspecified atom stereocenters. The number of thioether (sulfide) groups is 1. The number of nitro benzene ring substituents is 1.